The SMILES string of the molecule is CCNC(=NCC1(N2CCCCC2)CCN(C)CC1)NC1CCS(=O)(=O)C1.I. The Labute approximate surface area is 188 Å². The molecule has 1 atom stereocenters. The first kappa shape index (κ1) is 24.1. The van der Waals surface area contributed by atoms with Crippen LogP contribution in [-0.4, -0.2) is 93.6 Å². The maximum Gasteiger partial charge on any atom is 0.191 e. The minimum absolute atomic E-state index is 0. The van der Waals surface area contributed by atoms with Crippen LogP contribution in [-0.2, 0) is 9.84 Å². The minimum atomic E-state index is -2.89. The number of piperidine rings is 2. The number of likely N-dealkylation sites (tertiary alicyclic amines) is 2. The predicted molar refractivity (Wildman–Crippen MR) is 126 cm³/mol. The molecule has 7 nitrogen and oxygen atoms in total. The number of halogens is 1. The Hall–Kier alpha value is -0.130. The van der Waals surface area contributed by atoms with Gasteiger partial charge in [0.15, 0.2) is 15.8 Å². The molecule has 1 unspecified atom stereocenters. The van der Waals surface area contributed by atoms with Gasteiger partial charge in [-0.1, -0.05) is 6.42 Å². The summed E-state index contributed by atoms with van der Waals surface area (Å²) in [5, 5.41) is 6.69. The summed E-state index contributed by atoms with van der Waals surface area (Å²) in [5.74, 6) is 1.28. The van der Waals surface area contributed by atoms with Crippen molar-refractivity contribution in [1.29, 1.82) is 0 Å². The molecule has 0 bridgehead atoms. The highest BCUT2D eigenvalue weighted by molar-refractivity contribution is 14.0. The van der Waals surface area contributed by atoms with Crippen molar-refractivity contribution in [3.63, 3.8) is 0 Å². The number of sulfone groups is 1. The van der Waals surface area contributed by atoms with E-state index in [1.54, 1.807) is 0 Å². The standard InChI is InChI=1S/C19H37N5O2S.HI/c1-3-20-18(22-17-7-14-27(25,26)15-17)21-16-19(8-12-23(2)13-9-19)24-10-5-4-6-11-24;/h17H,3-16H2,1-2H3,(H2,20,21,22);1H. The van der Waals surface area contributed by atoms with E-state index in [0.29, 0.717) is 6.42 Å². The summed E-state index contributed by atoms with van der Waals surface area (Å²) in [5.41, 5.74) is 0.150. The number of guanidine groups is 1. The maximum atomic E-state index is 11.8. The zero-order valence-corrected chi connectivity index (χ0v) is 20.6. The minimum Gasteiger partial charge on any atom is -0.357 e. The van der Waals surface area contributed by atoms with Crippen molar-refractivity contribution < 1.29 is 8.42 Å². The van der Waals surface area contributed by atoms with Crippen LogP contribution in [0.15, 0.2) is 4.99 Å². The first-order valence-electron chi connectivity index (χ1n) is 10.6. The smallest absolute Gasteiger partial charge is 0.191 e. The summed E-state index contributed by atoms with van der Waals surface area (Å²) in [6.07, 6.45) is 6.92. The van der Waals surface area contributed by atoms with Crippen LogP contribution < -0.4 is 10.6 Å². The summed E-state index contributed by atoms with van der Waals surface area (Å²) < 4.78 is 23.5. The molecule has 3 fully saturated rings. The Morgan fingerprint density at radius 2 is 1.82 bits per heavy atom. The Bertz CT molecular complexity index is 614. The van der Waals surface area contributed by atoms with Crippen molar-refractivity contribution >= 4 is 39.8 Å². The summed E-state index contributed by atoms with van der Waals surface area (Å²) >= 11 is 0. The molecule has 3 rings (SSSR count). The van der Waals surface area contributed by atoms with Crippen molar-refractivity contribution in [2.45, 2.75) is 57.0 Å². The van der Waals surface area contributed by atoms with Gasteiger partial charge in [0.05, 0.1) is 18.1 Å². The molecule has 3 aliphatic heterocycles. The van der Waals surface area contributed by atoms with Gasteiger partial charge >= 0.3 is 0 Å². The second-order valence-corrected chi connectivity index (χ2v) is 10.7. The fourth-order valence-electron chi connectivity index (χ4n) is 4.63. The highest BCUT2D eigenvalue weighted by Gasteiger charge is 2.39. The van der Waals surface area contributed by atoms with Crippen LogP contribution >= 0.6 is 24.0 Å². The number of hydrogen-bond donors (Lipinski definition) is 2. The average molecular weight is 528 g/mol. The quantitative estimate of drug-likeness (QED) is 0.319. The molecular weight excluding hydrogens is 489 g/mol. The van der Waals surface area contributed by atoms with E-state index in [2.05, 4.69) is 34.4 Å². The topological polar surface area (TPSA) is 77.0 Å². The molecule has 9 heteroatoms. The van der Waals surface area contributed by atoms with Crippen LogP contribution in [0.25, 0.3) is 0 Å². The largest absolute Gasteiger partial charge is 0.357 e. The summed E-state index contributed by atoms with van der Waals surface area (Å²) in [4.78, 5) is 10.1. The van der Waals surface area contributed by atoms with Gasteiger partial charge in [0.25, 0.3) is 0 Å². The van der Waals surface area contributed by atoms with Crippen LogP contribution in [0.1, 0.15) is 45.4 Å². The lowest BCUT2D eigenvalue weighted by molar-refractivity contribution is 0.0208. The van der Waals surface area contributed by atoms with Gasteiger partial charge < -0.3 is 15.5 Å². The van der Waals surface area contributed by atoms with E-state index in [1.807, 2.05) is 0 Å². The molecule has 3 saturated heterocycles. The van der Waals surface area contributed by atoms with Crippen molar-refractivity contribution in [1.82, 2.24) is 20.4 Å². The molecule has 28 heavy (non-hydrogen) atoms. The van der Waals surface area contributed by atoms with Gasteiger partial charge in [-0.3, -0.25) is 9.89 Å². The summed E-state index contributed by atoms with van der Waals surface area (Å²) in [7, 11) is -0.682. The first-order chi connectivity index (χ1) is 12.9. The number of nitrogens with one attached hydrogen (secondary N) is 2. The van der Waals surface area contributed by atoms with E-state index in [0.717, 1.165) is 45.0 Å². The number of aliphatic imine (C=N–C) groups is 1. The van der Waals surface area contributed by atoms with Gasteiger partial charge in [0, 0.05) is 18.1 Å². The normalized spacial score (nSPS) is 28.5. The fraction of sp³-hybridized carbons (Fsp3) is 0.947. The second kappa shape index (κ2) is 10.8. The Morgan fingerprint density at radius 3 is 2.39 bits per heavy atom. The van der Waals surface area contributed by atoms with Gasteiger partial charge in [-0.2, -0.15) is 0 Å². The molecule has 0 aromatic heterocycles. The maximum absolute atomic E-state index is 11.8. The van der Waals surface area contributed by atoms with Crippen molar-refractivity contribution in [2.75, 3.05) is 57.8 Å². The third kappa shape index (κ3) is 6.43. The van der Waals surface area contributed by atoms with Gasteiger partial charge in [0.1, 0.15) is 0 Å². The number of nitrogens with zero attached hydrogens (tertiary/aromatic N) is 3. The Morgan fingerprint density at radius 1 is 1.14 bits per heavy atom. The van der Waals surface area contributed by atoms with E-state index in [9.17, 15) is 8.42 Å². The third-order valence-corrected chi connectivity index (χ3v) is 8.16. The fourth-order valence-corrected chi connectivity index (χ4v) is 6.30. The van der Waals surface area contributed by atoms with Gasteiger partial charge in [-0.15, -0.1) is 24.0 Å². The molecule has 0 radical (unpaired) electrons. The highest BCUT2D eigenvalue weighted by Crippen LogP contribution is 2.31. The van der Waals surface area contributed by atoms with Gasteiger partial charge in [-0.05, 0) is 72.3 Å². The number of rotatable bonds is 5. The molecule has 164 valence electrons. The molecule has 2 N–H and O–H groups in total. The van der Waals surface area contributed by atoms with Crippen molar-refractivity contribution in [2.24, 2.45) is 4.99 Å². The zero-order chi connectivity index (χ0) is 19.3. The molecule has 0 amide bonds. The molecule has 0 aromatic carbocycles. The van der Waals surface area contributed by atoms with Gasteiger partial charge in [-0.25, -0.2) is 8.42 Å². The predicted octanol–water partition coefficient (Wildman–Crippen LogP) is 1.30. The lowest BCUT2D eigenvalue weighted by atomic mass is 9.84. The van der Waals surface area contributed by atoms with E-state index in [1.165, 1.54) is 32.4 Å². The van der Waals surface area contributed by atoms with Crippen molar-refractivity contribution in [3.8, 4) is 0 Å². The van der Waals surface area contributed by atoms with E-state index in [4.69, 9.17) is 4.99 Å². The molecule has 3 heterocycles. The number of hydrogen-bond acceptors (Lipinski definition) is 5. The summed E-state index contributed by atoms with van der Waals surface area (Å²) in [6, 6.07) is -0.0174. The van der Waals surface area contributed by atoms with Crippen molar-refractivity contribution in [3.05, 3.63) is 0 Å². The van der Waals surface area contributed by atoms with Crippen LogP contribution in [0.2, 0.25) is 0 Å². The first-order valence-corrected chi connectivity index (χ1v) is 12.4. The summed E-state index contributed by atoms with van der Waals surface area (Å²) in [6.45, 7) is 8.24. The Kier molecular flexibility index (Phi) is 9.28. The molecular formula is C19H38IN5O2S. The van der Waals surface area contributed by atoms with Crippen LogP contribution in [0, 0.1) is 0 Å². The van der Waals surface area contributed by atoms with E-state index < -0.39 is 9.84 Å². The van der Waals surface area contributed by atoms with Crippen LogP contribution in [0.4, 0.5) is 0 Å². The lowest BCUT2D eigenvalue weighted by Crippen LogP contribution is -2.58. The average Bonchev–Trinajstić information content (AvgIpc) is 3.01. The lowest BCUT2D eigenvalue weighted by Gasteiger charge is -2.49. The molecule has 0 spiro atoms. The van der Waals surface area contributed by atoms with Gasteiger partial charge in [0.2, 0.25) is 0 Å². The third-order valence-electron chi connectivity index (χ3n) is 6.39. The zero-order valence-electron chi connectivity index (χ0n) is 17.5. The van der Waals surface area contributed by atoms with E-state index >= 15 is 0 Å². The Balaban J connectivity index is 0.00000280. The van der Waals surface area contributed by atoms with Crippen LogP contribution in [0.3, 0.4) is 0 Å². The molecule has 0 aliphatic carbocycles. The van der Waals surface area contributed by atoms with Crippen LogP contribution in [0.5, 0.6) is 0 Å². The van der Waals surface area contributed by atoms with E-state index in [-0.39, 0.29) is 47.1 Å². The molecule has 3 aliphatic rings. The monoisotopic (exact) mass is 527 g/mol. The molecule has 0 saturated carbocycles. The molecule has 0 aromatic rings. The highest BCUT2D eigenvalue weighted by atomic mass is 127. The second-order valence-electron chi connectivity index (χ2n) is 8.51.